The lowest BCUT2D eigenvalue weighted by molar-refractivity contribution is -0.146. The second kappa shape index (κ2) is 15.4. The van der Waals surface area contributed by atoms with Gasteiger partial charge in [0.25, 0.3) is 0 Å². The number of carbonyl (C=O) groups excluding carboxylic acids is 1. The Morgan fingerprint density at radius 3 is 2.57 bits per heavy atom. The van der Waals surface area contributed by atoms with Crippen LogP contribution in [0.25, 0.3) is 0 Å². The van der Waals surface area contributed by atoms with E-state index in [9.17, 15) is 4.79 Å². The third-order valence-corrected chi connectivity index (χ3v) is 10.2. The molecule has 47 heavy (non-hydrogen) atoms. The van der Waals surface area contributed by atoms with E-state index in [1.54, 1.807) is 4.68 Å². The molecular formula is C35H35BrCl2N4O4S. The van der Waals surface area contributed by atoms with Crippen molar-refractivity contribution in [1.29, 1.82) is 0 Å². The monoisotopic (exact) mass is 756 g/mol. The molecule has 0 spiro atoms. The fourth-order valence-electron chi connectivity index (χ4n) is 5.81. The van der Waals surface area contributed by atoms with Gasteiger partial charge in [-0.15, -0.1) is 5.10 Å². The number of hydrogen-bond acceptors (Lipinski definition) is 8. The summed E-state index contributed by atoms with van der Waals surface area (Å²) in [4.78, 5) is 18.8. The number of carbonyl (C=O) groups is 1. The van der Waals surface area contributed by atoms with E-state index in [4.69, 9.17) is 47.5 Å². The Morgan fingerprint density at radius 1 is 1.06 bits per heavy atom. The van der Waals surface area contributed by atoms with Crippen molar-refractivity contribution < 1.29 is 19.0 Å². The highest BCUT2D eigenvalue weighted by atomic mass is 79.9. The number of nitrogens with one attached hydrogen (secondary N) is 1. The number of allylic oxidation sites excluding steroid dienone is 1. The van der Waals surface area contributed by atoms with Crippen LogP contribution >= 0.6 is 50.9 Å². The van der Waals surface area contributed by atoms with Gasteiger partial charge >= 0.3 is 5.97 Å². The molecule has 1 atom stereocenters. The molecule has 1 aliphatic heterocycles. The summed E-state index contributed by atoms with van der Waals surface area (Å²) >= 11 is 17.7. The number of rotatable bonds is 11. The van der Waals surface area contributed by atoms with Gasteiger partial charge in [0.2, 0.25) is 11.1 Å². The smallest absolute Gasteiger partial charge is 0.338 e. The van der Waals surface area contributed by atoms with Gasteiger partial charge in [0.05, 0.1) is 16.7 Å². The first-order valence-corrected chi connectivity index (χ1v) is 18.2. The van der Waals surface area contributed by atoms with Crippen molar-refractivity contribution >= 4 is 62.8 Å². The van der Waals surface area contributed by atoms with Crippen LogP contribution in [0.1, 0.15) is 68.7 Å². The van der Waals surface area contributed by atoms with Crippen molar-refractivity contribution in [3.63, 3.8) is 0 Å². The molecule has 1 aliphatic carbocycles. The Hall–Kier alpha value is -3.18. The van der Waals surface area contributed by atoms with E-state index in [0.717, 1.165) is 48.8 Å². The Labute approximate surface area is 297 Å². The molecule has 0 amide bonds. The molecule has 0 radical (unpaired) electrons. The maximum Gasteiger partial charge on any atom is 0.338 e. The molecule has 12 heteroatoms. The zero-order valence-corrected chi connectivity index (χ0v) is 30.0. The summed E-state index contributed by atoms with van der Waals surface area (Å²) in [5.74, 6) is 1.85. The lowest BCUT2D eigenvalue weighted by Gasteiger charge is -2.30. The van der Waals surface area contributed by atoms with Crippen LogP contribution in [0.4, 0.5) is 5.95 Å². The minimum atomic E-state index is -0.634. The van der Waals surface area contributed by atoms with Crippen LogP contribution in [0, 0.1) is 0 Å². The van der Waals surface area contributed by atoms with E-state index in [-0.39, 0.29) is 12.1 Å². The fraction of sp³-hybridized carbons (Fsp3) is 0.343. The third-order valence-electron chi connectivity index (χ3n) is 8.14. The standard InChI is InChI=1S/C35H35BrCl2N4O4S/c1-3-44-29-18-24(17-27(36)32(29)45-19-22-13-15-25(37)16-14-22)31-30(33(43)46-26-10-5-4-6-11-26)21(2)39-34-40-35(41-42(31)34)47-20-23-9-7-8-12-28(23)38/h7-9,12-18,26,31H,3-6,10-11,19-20H2,1-2H3,(H,39,40,41). The van der Waals surface area contributed by atoms with E-state index in [2.05, 4.69) is 21.2 Å². The summed E-state index contributed by atoms with van der Waals surface area (Å²) in [5.41, 5.74) is 3.85. The minimum absolute atomic E-state index is 0.106. The second-order valence-corrected chi connectivity index (χ2v) is 14.1. The fourth-order valence-corrected chi connectivity index (χ4v) is 7.62. The maximum absolute atomic E-state index is 14.0. The topological polar surface area (TPSA) is 87.5 Å². The number of fused-ring (bicyclic) bond motifs is 1. The quantitative estimate of drug-likeness (QED) is 0.120. The Bertz CT molecular complexity index is 1780. The van der Waals surface area contributed by atoms with Crippen LogP contribution in [-0.4, -0.2) is 33.4 Å². The summed E-state index contributed by atoms with van der Waals surface area (Å²) in [6.45, 7) is 4.53. The van der Waals surface area contributed by atoms with Gasteiger partial charge in [0, 0.05) is 21.5 Å². The molecule has 1 N–H and O–H groups in total. The third kappa shape index (κ3) is 7.94. The number of hydrogen-bond donors (Lipinski definition) is 1. The number of thioether (sulfide) groups is 1. The van der Waals surface area contributed by atoms with Crippen LogP contribution in [-0.2, 0) is 21.9 Å². The van der Waals surface area contributed by atoms with Gasteiger partial charge in [-0.05, 0) is 102 Å². The van der Waals surface area contributed by atoms with Crippen molar-refractivity contribution in [2.75, 3.05) is 11.9 Å². The molecule has 1 saturated carbocycles. The SMILES string of the molecule is CCOc1cc(C2C(C(=O)OC3CCCCC3)=C(C)Nc3nc(SCc4ccccc4Cl)nn32)cc(Br)c1OCc1ccc(Cl)cc1. The molecular weight excluding hydrogens is 723 g/mol. The van der Waals surface area contributed by atoms with E-state index in [0.29, 0.717) is 67.4 Å². The summed E-state index contributed by atoms with van der Waals surface area (Å²) in [5, 5.41) is 10.1. The summed E-state index contributed by atoms with van der Waals surface area (Å²) in [6, 6.07) is 18.4. The molecule has 8 nitrogen and oxygen atoms in total. The molecule has 0 bridgehead atoms. The molecule has 4 aromatic rings. The van der Waals surface area contributed by atoms with E-state index in [1.807, 2.05) is 74.5 Å². The zero-order chi connectivity index (χ0) is 32.9. The number of nitrogens with zero attached hydrogens (tertiary/aromatic N) is 3. The van der Waals surface area contributed by atoms with E-state index < -0.39 is 6.04 Å². The normalized spacial score (nSPS) is 16.4. The van der Waals surface area contributed by atoms with Gasteiger partial charge in [-0.2, -0.15) is 4.98 Å². The summed E-state index contributed by atoms with van der Waals surface area (Å²) in [7, 11) is 0. The van der Waals surface area contributed by atoms with E-state index >= 15 is 0 Å². The Morgan fingerprint density at radius 2 is 1.83 bits per heavy atom. The number of halogens is 3. The zero-order valence-electron chi connectivity index (χ0n) is 26.1. The van der Waals surface area contributed by atoms with Crippen LogP contribution < -0.4 is 14.8 Å². The van der Waals surface area contributed by atoms with Gasteiger partial charge in [-0.1, -0.05) is 71.7 Å². The predicted octanol–water partition coefficient (Wildman–Crippen LogP) is 9.78. The van der Waals surface area contributed by atoms with Gasteiger partial charge in [0.15, 0.2) is 11.5 Å². The number of ether oxygens (including phenoxy) is 3. The van der Waals surface area contributed by atoms with Crippen LogP contribution in [0.5, 0.6) is 11.5 Å². The van der Waals surface area contributed by atoms with Gasteiger partial charge in [-0.3, -0.25) is 0 Å². The average molecular weight is 759 g/mol. The molecule has 2 aliphatic rings. The molecule has 1 fully saturated rings. The highest BCUT2D eigenvalue weighted by Crippen LogP contribution is 2.44. The minimum Gasteiger partial charge on any atom is -0.490 e. The Balaban J connectivity index is 1.36. The Kier molecular flexibility index (Phi) is 11.0. The van der Waals surface area contributed by atoms with Crippen LogP contribution in [0.2, 0.25) is 10.0 Å². The largest absolute Gasteiger partial charge is 0.490 e. The number of esters is 1. The highest BCUT2D eigenvalue weighted by Gasteiger charge is 2.37. The summed E-state index contributed by atoms with van der Waals surface area (Å²) < 4.78 is 20.9. The first kappa shape index (κ1) is 33.7. The lowest BCUT2D eigenvalue weighted by Crippen LogP contribution is -2.32. The number of benzene rings is 3. The number of anilines is 1. The average Bonchev–Trinajstić information content (AvgIpc) is 3.47. The van der Waals surface area contributed by atoms with Crippen LogP contribution in [0.15, 0.2) is 81.6 Å². The van der Waals surface area contributed by atoms with Crippen molar-refractivity contribution in [2.45, 2.75) is 75.6 Å². The first-order valence-electron chi connectivity index (χ1n) is 15.7. The van der Waals surface area contributed by atoms with Gasteiger partial charge < -0.3 is 19.5 Å². The molecule has 3 aromatic carbocycles. The van der Waals surface area contributed by atoms with Gasteiger partial charge in [0.1, 0.15) is 18.8 Å². The van der Waals surface area contributed by atoms with Crippen molar-refractivity contribution in [1.82, 2.24) is 14.8 Å². The molecule has 6 rings (SSSR count). The molecule has 1 aromatic heterocycles. The second-order valence-electron chi connectivity index (χ2n) is 11.5. The summed E-state index contributed by atoms with van der Waals surface area (Å²) in [6.07, 6.45) is 4.90. The molecule has 0 saturated heterocycles. The molecule has 246 valence electrons. The number of aromatic nitrogens is 3. The molecule has 2 heterocycles. The maximum atomic E-state index is 14.0. The van der Waals surface area contributed by atoms with Crippen molar-refractivity contribution in [2.24, 2.45) is 0 Å². The van der Waals surface area contributed by atoms with Gasteiger partial charge in [-0.25, -0.2) is 9.48 Å². The lowest BCUT2D eigenvalue weighted by atomic mass is 9.94. The first-order chi connectivity index (χ1) is 22.8. The van der Waals surface area contributed by atoms with E-state index in [1.165, 1.54) is 11.8 Å². The van der Waals surface area contributed by atoms with Crippen molar-refractivity contribution in [3.05, 3.63) is 103 Å². The van der Waals surface area contributed by atoms with Crippen LogP contribution in [0.3, 0.4) is 0 Å². The molecule has 1 unspecified atom stereocenters. The predicted molar refractivity (Wildman–Crippen MR) is 190 cm³/mol. The van der Waals surface area contributed by atoms with Crippen molar-refractivity contribution in [3.8, 4) is 11.5 Å². The highest BCUT2D eigenvalue weighted by molar-refractivity contribution is 9.10.